The summed E-state index contributed by atoms with van der Waals surface area (Å²) in [4.78, 5) is 7.08. The summed E-state index contributed by atoms with van der Waals surface area (Å²) in [5.74, 6) is 0.226. The molecule has 2 aromatic rings. The van der Waals surface area contributed by atoms with E-state index in [0.717, 1.165) is 30.3 Å². The van der Waals surface area contributed by atoms with Crippen LogP contribution in [-0.4, -0.2) is 28.1 Å². The molecule has 1 fully saturated rings. The topological polar surface area (TPSA) is 36.4 Å². The molecule has 2 heterocycles. The average Bonchev–Trinajstić information content (AvgIpc) is 2.91. The number of benzene rings is 1. The molecule has 3 nitrogen and oxygen atoms in total. The Hall–Kier alpha value is -1.10. The minimum Gasteiger partial charge on any atom is -0.507 e. The first-order chi connectivity index (χ1) is 9.72. The van der Waals surface area contributed by atoms with Gasteiger partial charge in [0.2, 0.25) is 0 Å². The van der Waals surface area contributed by atoms with Crippen molar-refractivity contribution in [3.63, 3.8) is 0 Å². The minimum absolute atomic E-state index is 0.226. The second-order valence-corrected chi connectivity index (χ2v) is 6.50. The zero-order valence-electron chi connectivity index (χ0n) is 11.2. The van der Waals surface area contributed by atoms with Crippen LogP contribution in [0.3, 0.4) is 0 Å². The van der Waals surface area contributed by atoms with Gasteiger partial charge < -0.3 is 5.11 Å². The molecular weight excluding hydrogens is 292 g/mol. The van der Waals surface area contributed by atoms with E-state index in [0.29, 0.717) is 10.6 Å². The third-order valence-corrected chi connectivity index (χ3v) is 4.66. The summed E-state index contributed by atoms with van der Waals surface area (Å²) in [6.45, 7) is 3.24. The quantitative estimate of drug-likeness (QED) is 0.925. The molecule has 1 saturated heterocycles. The molecule has 5 heteroatoms. The molecule has 0 bridgehead atoms. The molecule has 3 rings (SSSR count). The highest BCUT2D eigenvalue weighted by molar-refractivity contribution is 7.09. The standard InChI is InChI=1S/C15H17ClN2OS/c16-11-4-5-14(19)12(8-11)13-10-20-15(17-13)9-18-6-2-1-3-7-18/h4-5,8,10,19H,1-3,6-7,9H2. The van der Waals surface area contributed by atoms with Crippen LogP contribution in [0.15, 0.2) is 23.6 Å². The third-order valence-electron chi connectivity index (χ3n) is 3.59. The molecule has 0 amide bonds. The summed E-state index contributed by atoms with van der Waals surface area (Å²) in [6.07, 6.45) is 3.91. The Kier molecular flexibility index (Phi) is 4.24. The van der Waals surface area contributed by atoms with Crippen LogP contribution in [0.1, 0.15) is 24.3 Å². The Morgan fingerprint density at radius 2 is 2.05 bits per heavy atom. The highest BCUT2D eigenvalue weighted by Crippen LogP contribution is 2.32. The van der Waals surface area contributed by atoms with Gasteiger partial charge in [-0.25, -0.2) is 4.98 Å². The average molecular weight is 309 g/mol. The van der Waals surface area contributed by atoms with Crippen LogP contribution in [0.4, 0.5) is 0 Å². The number of piperidine rings is 1. The highest BCUT2D eigenvalue weighted by Gasteiger charge is 2.14. The lowest BCUT2D eigenvalue weighted by Crippen LogP contribution is -2.28. The number of hydrogen-bond acceptors (Lipinski definition) is 4. The molecular formula is C15H17ClN2OS. The van der Waals surface area contributed by atoms with Crippen LogP contribution in [0, 0.1) is 0 Å². The van der Waals surface area contributed by atoms with Crippen molar-refractivity contribution < 1.29 is 5.11 Å². The number of rotatable bonds is 3. The van der Waals surface area contributed by atoms with Crippen LogP contribution < -0.4 is 0 Å². The van der Waals surface area contributed by atoms with Gasteiger partial charge in [-0.15, -0.1) is 11.3 Å². The monoisotopic (exact) mass is 308 g/mol. The number of hydrogen-bond donors (Lipinski definition) is 1. The number of thiazole rings is 1. The number of nitrogens with zero attached hydrogens (tertiary/aromatic N) is 2. The maximum Gasteiger partial charge on any atom is 0.125 e. The van der Waals surface area contributed by atoms with E-state index in [1.165, 1.54) is 19.3 Å². The van der Waals surface area contributed by atoms with Gasteiger partial charge in [0.25, 0.3) is 0 Å². The van der Waals surface area contributed by atoms with Gasteiger partial charge in [-0.1, -0.05) is 18.0 Å². The Balaban J connectivity index is 1.77. The number of phenolic OH excluding ortho intramolecular Hbond substituents is 1. The van der Waals surface area contributed by atoms with Crippen LogP contribution in [0.5, 0.6) is 5.75 Å². The fourth-order valence-corrected chi connectivity index (χ4v) is 3.54. The van der Waals surface area contributed by atoms with Gasteiger partial charge in [0.15, 0.2) is 0 Å². The number of aromatic hydroxyl groups is 1. The van der Waals surface area contributed by atoms with Gasteiger partial charge in [0, 0.05) is 16.0 Å². The minimum atomic E-state index is 0.226. The summed E-state index contributed by atoms with van der Waals surface area (Å²) in [5.41, 5.74) is 1.51. The summed E-state index contributed by atoms with van der Waals surface area (Å²) < 4.78 is 0. The lowest BCUT2D eigenvalue weighted by atomic mass is 10.1. The largest absolute Gasteiger partial charge is 0.507 e. The molecule has 0 spiro atoms. The van der Waals surface area contributed by atoms with Crippen LogP contribution in [0.25, 0.3) is 11.3 Å². The predicted octanol–water partition coefficient (Wildman–Crippen LogP) is 4.16. The Morgan fingerprint density at radius 3 is 2.85 bits per heavy atom. The van der Waals surface area contributed by atoms with E-state index in [2.05, 4.69) is 9.88 Å². The molecule has 0 aliphatic carbocycles. The molecule has 20 heavy (non-hydrogen) atoms. The van der Waals surface area contributed by atoms with Gasteiger partial charge in [-0.3, -0.25) is 4.90 Å². The molecule has 1 aromatic heterocycles. The van der Waals surface area contributed by atoms with Crippen LogP contribution in [-0.2, 0) is 6.54 Å². The van der Waals surface area contributed by atoms with Crippen molar-refractivity contribution in [3.05, 3.63) is 33.6 Å². The van der Waals surface area contributed by atoms with Crippen LogP contribution >= 0.6 is 22.9 Å². The summed E-state index contributed by atoms with van der Waals surface area (Å²) in [5, 5.41) is 13.6. The number of likely N-dealkylation sites (tertiary alicyclic amines) is 1. The van der Waals surface area contributed by atoms with Crippen molar-refractivity contribution in [2.75, 3.05) is 13.1 Å². The summed E-state index contributed by atoms with van der Waals surface area (Å²) >= 11 is 7.63. The number of phenols is 1. The third kappa shape index (κ3) is 3.14. The van der Waals surface area contributed by atoms with E-state index in [1.54, 1.807) is 29.5 Å². The zero-order chi connectivity index (χ0) is 13.9. The molecule has 1 N–H and O–H groups in total. The zero-order valence-corrected chi connectivity index (χ0v) is 12.8. The van der Waals surface area contributed by atoms with Crippen molar-refractivity contribution in [2.24, 2.45) is 0 Å². The maximum atomic E-state index is 9.91. The van der Waals surface area contributed by atoms with Crippen molar-refractivity contribution in [1.82, 2.24) is 9.88 Å². The first-order valence-electron chi connectivity index (χ1n) is 6.88. The lowest BCUT2D eigenvalue weighted by Gasteiger charge is -2.25. The van der Waals surface area contributed by atoms with Gasteiger partial charge in [0.1, 0.15) is 10.8 Å². The molecule has 106 valence electrons. The van der Waals surface area contributed by atoms with E-state index in [9.17, 15) is 5.11 Å². The van der Waals surface area contributed by atoms with E-state index in [-0.39, 0.29) is 5.75 Å². The van der Waals surface area contributed by atoms with Crippen molar-refractivity contribution >= 4 is 22.9 Å². The van der Waals surface area contributed by atoms with E-state index in [4.69, 9.17) is 11.6 Å². The number of halogens is 1. The first-order valence-corrected chi connectivity index (χ1v) is 8.14. The highest BCUT2D eigenvalue weighted by atomic mass is 35.5. The molecule has 1 aliphatic heterocycles. The Bertz CT molecular complexity index is 593. The maximum absolute atomic E-state index is 9.91. The lowest BCUT2D eigenvalue weighted by molar-refractivity contribution is 0.220. The van der Waals surface area contributed by atoms with E-state index >= 15 is 0 Å². The summed E-state index contributed by atoms with van der Waals surface area (Å²) in [6, 6.07) is 5.05. The van der Waals surface area contributed by atoms with Gasteiger partial charge >= 0.3 is 0 Å². The first kappa shape index (κ1) is 13.9. The van der Waals surface area contributed by atoms with Crippen LogP contribution in [0.2, 0.25) is 5.02 Å². The molecule has 0 saturated carbocycles. The molecule has 1 aromatic carbocycles. The van der Waals surface area contributed by atoms with E-state index < -0.39 is 0 Å². The molecule has 0 radical (unpaired) electrons. The smallest absolute Gasteiger partial charge is 0.125 e. The molecule has 0 atom stereocenters. The fourth-order valence-electron chi connectivity index (χ4n) is 2.53. The molecule has 0 unspecified atom stereocenters. The Morgan fingerprint density at radius 1 is 1.25 bits per heavy atom. The second kappa shape index (κ2) is 6.12. The van der Waals surface area contributed by atoms with Crippen molar-refractivity contribution in [3.8, 4) is 17.0 Å². The normalized spacial score (nSPS) is 16.4. The summed E-state index contributed by atoms with van der Waals surface area (Å²) in [7, 11) is 0. The van der Waals surface area contributed by atoms with Crippen molar-refractivity contribution in [1.29, 1.82) is 0 Å². The molecule has 1 aliphatic rings. The predicted molar refractivity (Wildman–Crippen MR) is 83.4 cm³/mol. The van der Waals surface area contributed by atoms with Crippen molar-refractivity contribution in [2.45, 2.75) is 25.8 Å². The van der Waals surface area contributed by atoms with Gasteiger partial charge in [0.05, 0.1) is 12.2 Å². The SMILES string of the molecule is Oc1ccc(Cl)cc1-c1csc(CN2CCCCC2)n1. The van der Waals surface area contributed by atoms with Gasteiger partial charge in [-0.05, 0) is 44.1 Å². The Labute approximate surface area is 127 Å². The number of aromatic nitrogens is 1. The fraction of sp³-hybridized carbons (Fsp3) is 0.400. The second-order valence-electron chi connectivity index (χ2n) is 5.12. The van der Waals surface area contributed by atoms with Gasteiger partial charge in [-0.2, -0.15) is 0 Å². The van der Waals surface area contributed by atoms with E-state index in [1.807, 2.05) is 5.38 Å².